The van der Waals surface area contributed by atoms with Gasteiger partial charge in [0.25, 0.3) is 0 Å². The van der Waals surface area contributed by atoms with Crippen LogP contribution in [0, 0.1) is 17.2 Å². The van der Waals surface area contributed by atoms with Crippen molar-refractivity contribution in [3.05, 3.63) is 29.3 Å². The third-order valence-electron chi connectivity index (χ3n) is 3.76. The van der Waals surface area contributed by atoms with E-state index < -0.39 is 18.1 Å². The van der Waals surface area contributed by atoms with Gasteiger partial charge in [-0.15, -0.1) is 0 Å². The van der Waals surface area contributed by atoms with Crippen molar-refractivity contribution in [2.45, 2.75) is 19.0 Å². The molecule has 22 heavy (non-hydrogen) atoms. The first-order valence-electron chi connectivity index (χ1n) is 6.81. The molecular weight excluding hydrogens is 297 g/mol. The van der Waals surface area contributed by atoms with E-state index in [0.717, 1.165) is 0 Å². The predicted molar refractivity (Wildman–Crippen MR) is 73.5 cm³/mol. The quantitative estimate of drug-likeness (QED) is 0.787. The molecule has 4 nitrogen and oxygen atoms in total. The second kappa shape index (κ2) is 6.26. The summed E-state index contributed by atoms with van der Waals surface area (Å²) in [6.45, 7) is 0.188. The maximum Gasteiger partial charge on any atom is 0.393 e. The lowest BCUT2D eigenvalue weighted by Crippen LogP contribution is -2.42. The number of halogens is 3. The number of rotatable bonds is 2. The Kier molecular flexibility index (Phi) is 4.59. The van der Waals surface area contributed by atoms with E-state index in [1.165, 1.54) is 30.2 Å². The van der Waals surface area contributed by atoms with Gasteiger partial charge >= 0.3 is 12.1 Å². The molecule has 1 aromatic rings. The zero-order valence-corrected chi connectivity index (χ0v) is 12.0. The highest BCUT2D eigenvalue weighted by molar-refractivity contribution is 5.96. The highest BCUT2D eigenvalue weighted by atomic mass is 19.4. The van der Waals surface area contributed by atoms with E-state index in [4.69, 9.17) is 5.26 Å². The van der Waals surface area contributed by atoms with Crippen molar-refractivity contribution < 1.29 is 22.7 Å². The SMILES string of the molecule is COC(=O)c1ccc(C#N)cc1N1CCCC(C(F)(F)F)C1. The molecule has 1 saturated heterocycles. The van der Waals surface area contributed by atoms with Crippen LogP contribution in [0.2, 0.25) is 0 Å². The maximum atomic E-state index is 12.9. The summed E-state index contributed by atoms with van der Waals surface area (Å²) in [6, 6.07) is 6.23. The average Bonchev–Trinajstić information content (AvgIpc) is 2.52. The Balaban J connectivity index is 2.37. The van der Waals surface area contributed by atoms with Gasteiger partial charge in [0.1, 0.15) is 0 Å². The molecule has 118 valence electrons. The number of piperidine rings is 1. The van der Waals surface area contributed by atoms with Gasteiger partial charge in [0.15, 0.2) is 0 Å². The molecule has 0 N–H and O–H groups in total. The first kappa shape index (κ1) is 16.1. The fourth-order valence-electron chi connectivity index (χ4n) is 2.61. The molecule has 1 unspecified atom stereocenters. The Bertz CT molecular complexity index is 608. The van der Waals surface area contributed by atoms with Crippen molar-refractivity contribution in [3.8, 4) is 6.07 Å². The summed E-state index contributed by atoms with van der Waals surface area (Å²) in [4.78, 5) is 13.3. The van der Waals surface area contributed by atoms with Crippen LogP contribution in [0.3, 0.4) is 0 Å². The number of ether oxygens (including phenoxy) is 1. The Morgan fingerprint density at radius 1 is 1.45 bits per heavy atom. The maximum absolute atomic E-state index is 12.9. The zero-order chi connectivity index (χ0) is 16.3. The molecule has 1 aromatic carbocycles. The normalized spacial score (nSPS) is 18.7. The number of benzene rings is 1. The molecule has 7 heteroatoms. The van der Waals surface area contributed by atoms with Crippen LogP contribution in [0.4, 0.5) is 18.9 Å². The standard InChI is InChI=1S/C15H15F3N2O2/c1-22-14(21)12-5-4-10(8-19)7-13(12)20-6-2-3-11(9-20)15(16,17)18/h4-5,7,11H,2-3,6,9H2,1H3. The Morgan fingerprint density at radius 3 is 2.77 bits per heavy atom. The van der Waals surface area contributed by atoms with E-state index in [2.05, 4.69) is 4.74 Å². The van der Waals surface area contributed by atoms with E-state index in [1.807, 2.05) is 6.07 Å². The van der Waals surface area contributed by atoms with Gasteiger partial charge in [-0.1, -0.05) is 0 Å². The number of nitrogens with zero attached hydrogens (tertiary/aromatic N) is 2. The van der Waals surface area contributed by atoms with Gasteiger partial charge in [-0.05, 0) is 31.0 Å². The number of anilines is 1. The molecule has 0 bridgehead atoms. The molecule has 1 heterocycles. The number of alkyl halides is 3. The van der Waals surface area contributed by atoms with Crippen LogP contribution in [-0.2, 0) is 4.74 Å². The highest BCUT2D eigenvalue weighted by Gasteiger charge is 2.42. The Morgan fingerprint density at radius 2 is 2.18 bits per heavy atom. The van der Waals surface area contributed by atoms with Gasteiger partial charge in [-0.25, -0.2) is 4.79 Å². The summed E-state index contributed by atoms with van der Waals surface area (Å²) in [5, 5.41) is 8.96. The van der Waals surface area contributed by atoms with Crippen molar-refractivity contribution in [3.63, 3.8) is 0 Å². The number of hydrogen-bond donors (Lipinski definition) is 0. The lowest BCUT2D eigenvalue weighted by Gasteiger charge is -2.36. The minimum Gasteiger partial charge on any atom is -0.465 e. The topological polar surface area (TPSA) is 53.3 Å². The molecule has 1 fully saturated rings. The summed E-state index contributed by atoms with van der Waals surface area (Å²) >= 11 is 0. The van der Waals surface area contributed by atoms with Crippen LogP contribution in [0.5, 0.6) is 0 Å². The van der Waals surface area contributed by atoms with Crippen molar-refractivity contribution >= 4 is 11.7 Å². The second-order valence-electron chi connectivity index (χ2n) is 5.16. The molecule has 1 atom stereocenters. The van der Waals surface area contributed by atoms with Crippen LogP contribution < -0.4 is 4.90 Å². The minimum atomic E-state index is -4.27. The number of hydrogen-bond acceptors (Lipinski definition) is 4. The molecule has 2 rings (SSSR count). The molecule has 0 aromatic heterocycles. The first-order chi connectivity index (χ1) is 10.4. The van der Waals surface area contributed by atoms with Crippen LogP contribution in [0.25, 0.3) is 0 Å². The monoisotopic (exact) mass is 312 g/mol. The molecular formula is C15H15F3N2O2. The van der Waals surface area contributed by atoms with Crippen LogP contribution >= 0.6 is 0 Å². The molecule has 0 radical (unpaired) electrons. The van der Waals surface area contributed by atoms with Gasteiger partial charge in [0.2, 0.25) is 0 Å². The Hall–Kier alpha value is -2.23. The lowest BCUT2D eigenvalue weighted by atomic mass is 9.96. The summed E-state index contributed by atoms with van der Waals surface area (Å²) < 4.78 is 43.5. The molecule has 1 aliphatic rings. The van der Waals surface area contributed by atoms with Crippen LogP contribution in [0.1, 0.15) is 28.8 Å². The van der Waals surface area contributed by atoms with Gasteiger partial charge in [-0.2, -0.15) is 18.4 Å². The van der Waals surface area contributed by atoms with Gasteiger partial charge in [0.05, 0.1) is 35.9 Å². The summed E-state index contributed by atoms with van der Waals surface area (Å²) in [5.74, 6) is -2.06. The van der Waals surface area contributed by atoms with Crippen LogP contribution in [-0.4, -0.2) is 32.3 Å². The van der Waals surface area contributed by atoms with E-state index in [-0.39, 0.29) is 24.1 Å². The number of nitriles is 1. The summed E-state index contributed by atoms with van der Waals surface area (Å²) in [7, 11) is 1.21. The molecule has 1 aliphatic heterocycles. The van der Waals surface area contributed by atoms with E-state index in [9.17, 15) is 18.0 Å². The summed E-state index contributed by atoms with van der Waals surface area (Å²) in [5.41, 5.74) is 0.779. The average molecular weight is 312 g/mol. The number of carbonyl (C=O) groups is 1. The molecule has 0 amide bonds. The molecule has 0 spiro atoms. The largest absolute Gasteiger partial charge is 0.465 e. The van der Waals surface area contributed by atoms with Gasteiger partial charge in [0, 0.05) is 13.1 Å². The third kappa shape index (κ3) is 3.32. The van der Waals surface area contributed by atoms with Gasteiger partial charge in [-0.3, -0.25) is 0 Å². The third-order valence-corrected chi connectivity index (χ3v) is 3.76. The number of esters is 1. The number of methoxy groups -OCH3 is 1. The lowest BCUT2D eigenvalue weighted by molar-refractivity contribution is -0.175. The van der Waals surface area contributed by atoms with Crippen molar-refractivity contribution in [2.75, 3.05) is 25.1 Å². The fourth-order valence-corrected chi connectivity index (χ4v) is 2.61. The predicted octanol–water partition coefficient (Wildman–Crippen LogP) is 3.12. The van der Waals surface area contributed by atoms with Crippen LogP contribution in [0.15, 0.2) is 18.2 Å². The fraction of sp³-hybridized carbons (Fsp3) is 0.467. The highest BCUT2D eigenvalue weighted by Crippen LogP contribution is 2.36. The Labute approximate surface area is 126 Å². The second-order valence-corrected chi connectivity index (χ2v) is 5.16. The summed E-state index contributed by atoms with van der Waals surface area (Å²) in [6.07, 6.45) is -3.82. The number of carbonyl (C=O) groups excluding carboxylic acids is 1. The van der Waals surface area contributed by atoms with Gasteiger partial charge < -0.3 is 9.64 Å². The minimum absolute atomic E-state index is 0.0749. The van der Waals surface area contributed by atoms with E-state index in [1.54, 1.807) is 0 Å². The van der Waals surface area contributed by atoms with Crippen molar-refractivity contribution in [1.82, 2.24) is 0 Å². The molecule has 0 saturated carbocycles. The smallest absolute Gasteiger partial charge is 0.393 e. The molecule has 0 aliphatic carbocycles. The van der Waals surface area contributed by atoms with Crippen molar-refractivity contribution in [1.29, 1.82) is 5.26 Å². The zero-order valence-electron chi connectivity index (χ0n) is 12.0. The van der Waals surface area contributed by atoms with E-state index >= 15 is 0 Å². The van der Waals surface area contributed by atoms with E-state index in [0.29, 0.717) is 18.7 Å². The van der Waals surface area contributed by atoms with Crippen molar-refractivity contribution in [2.24, 2.45) is 5.92 Å². The first-order valence-corrected chi connectivity index (χ1v) is 6.81.